The molecule has 2 nitrogen and oxygen atoms in total. The van der Waals surface area contributed by atoms with Gasteiger partial charge in [-0.1, -0.05) is 6.92 Å². The molecule has 1 aliphatic rings. The lowest BCUT2D eigenvalue weighted by molar-refractivity contribution is 0.0885. The summed E-state index contributed by atoms with van der Waals surface area (Å²) in [6, 6.07) is 2.03. The van der Waals surface area contributed by atoms with Crippen molar-refractivity contribution in [2.24, 2.45) is 11.8 Å². The molecule has 1 aliphatic heterocycles. The molecule has 0 bridgehead atoms. The van der Waals surface area contributed by atoms with E-state index in [-0.39, 0.29) is 5.92 Å². The molecule has 0 aromatic carbocycles. The standard InChI is InChI=1S/C12H17NOS/c1-8-5-10(7-13-6-8)11(14)12-9(2)3-4-15-12/h3-4,8,10,13H,5-7H2,1-2H3. The summed E-state index contributed by atoms with van der Waals surface area (Å²) in [6.07, 6.45) is 1.03. The molecular formula is C12H17NOS. The maximum atomic E-state index is 12.2. The lowest BCUT2D eigenvalue weighted by atomic mass is 9.88. The third-order valence-corrected chi connectivity index (χ3v) is 4.06. The van der Waals surface area contributed by atoms with Gasteiger partial charge in [-0.2, -0.15) is 0 Å². The maximum absolute atomic E-state index is 12.2. The molecule has 0 radical (unpaired) electrons. The third-order valence-electron chi connectivity index (χ3n) is 3.03. The number of carbonyl (C=O) groups is 1. The minimum absolute atomic E-state index is 0.186. The Balaban J connectivity index is 2.11. The number of hydrogen-bond donors (Lipinski definition) is 1. The van der Waals surface area contributed by atoms with Gasteiger partial charge in [0.15, 0.2) is 5.78 Å². The maximum Gasteiger partial charge on any atom is 0.177 e. The van der Waals surface area contributed by atoms with Crippen molar-refractivity contribution in [3.05, 3.63) is 21.9 Å². The van der Waals surface area contributed by atoms with E-state index in [9.17, 15) is 4.79 Å². The van der Waals surface area contributed by atoms with Gasteiger partial charge in [-0.15, -0.1) is 11.3 Å². The van der Waals surface area contributed by atoms with E-state index in [1.807, 2.05) is 18.4 Å². The summed E-state index contributed by atoms with van der Waals surface area (Å²) < 4.78 is 0. The molecule has 2 unspecified atom stereocenters. The summed E-state index contributed by atoms with van der Waals surface area (Å²) in [5, 5.41) is 5.33. The van der Waals surface area contributed by atoms with Crippen LogP contribution >= 0.6 is 11.3 Å². The van der Waals surface area contributed by atoms with Crippen LogP contribution in [0.25, 0.3) is 0 Å². The van der Waals surface area contributed by atoms with Crippen LogP contribution < -0.4 is 5.32 Å². The number of carbonyl (C=O) groups excluding carboxylic acids is 1. The normalized spacial score (nSPS) is 26.5. The lowest BCUT2D eigenvalue weighted by Crippen LogP contribution is -2.38. The van der Waals surface area contributed by atoms with Crippen LogP contribution in [0.4, 0.5) is 0 Å². The van der Waals surface area contributed by atoms with Crippen LogP contribution in [-0.4, -0.2) is 18.9 Å². The van der Waals surface area contributed by atoms with Gasteiger partial charge < -0.3 is 5.32 Å². The quantitative estimate of drug-likeness (QED) is 0.780. The van der Waals surface area contributed by atoms with Crippen LogP contribution in [0.2, 0.25) is 0 Å². The molecule has 15 heavy (non-hydrogen) atoms. The number of aryl methyl sites for hydroxylation is 1. The molecule has 0 amide bonds. The Morgan fingerprint density at radius 1 is 1.53 bits per heavy atom. The van der Waals surface area contributed by atoms with Gasteiger partial charge in [0.05, 0.1) is 4.88 Å². The van der Waals surface area contributed by atoms with Crippen LogP contribution in [0.1, 0.15) is 28.6 Å². The number of piperidine rings is 1. The van der Waals surface area contributed by atoms with Crippen LogP contribution in [0.3, 0.4) is 0 Å². The molecule has 1 aromatic heterocycles. The van der Waals surface area contributed by atoms with Gasteiger partial charge in [0, 0.05) is 12.5 Å². The zero-order chi connectivity index (χ0) is 10.8. The number of Topliss-reactive ketones (excluding diaryl/α,β-unsaturated/α-hetero) is 1. The largest absolute Gasteiger partial charge is 0.316 e. The minimum atomic E-state index is 0.186. The highest BCUT2D eigenvalue weighted by Gasteiger charge is 2.26. The van der Waals surface area contributed by atoms with E-state index < -0.39 is 0 Å². The molecule has 1 fully saturated rings. The third kappa shape index (κ3) is 2.29. The molecule has 0 saturated carbocycles. The first-order valence-electron chi connectivity index (χ1n) is 5.47. The molecule has 2 heterocycles. The first-order valence-corrected chi connectivity index (χ1v) is 6.35. The Morgan fingerprint density at radius 3 is 2.93 bits per heavy atom. The van der Waals surface area contributed by atoms with E-state index in [1.165, 1.54) is 0 Å². The van der Waals surface area contributed by atoms with E-state index in [1.54, 1.807) is 11.3 Å². The number of nitrogens with one attached hydrogen (secondary N) is 1. The van der Waals surface area contributed by atoms with E-state index in [0.29, 0.717) is 11.7 Å². The van der Waals surface area contributed by atoms with E-state index in [4.69, 9.17) is 0 Å². The van der Waals surface area contributed by atoms with Crippen molar-refractivity contribution in [1.82, 2.24) is 5.32 Å². The predicted octanol–water partition coefficient (Wildman–Crippen LogP) is 2.48. The highest BCUT2D eigenvalue weighted by atomic mass is 32.1. The van der Waals surface area contributed by atoms with Gasteiger partial charge in [0.2, 0.25) is 0 Å². The zero-order valence-corrected chi connectivity index (χ0v) is 10.1. The molecule has 2 rings (SSSR count). The van der Waals surface area contributed by atoms with Crippen molar-refractivity contribution < 1.29 is 4.79 Å². The first-order chi connectivity index (χ1) is 7.18. The SMILES string of the molecule is Cc1ccsc1C(=O)C1CNCC(C)C1. The highest BCUT2D eigenvalue weighted by molar-refractivity contribution is 7.12. The minimum Gasteiger partial charge on any atom is -0.316 e. The fourth-order valence-corrected chi connectivity index (χ4v) is 3.11. The van der Waals surface area contributed by atoms with Crippen LogP contribution in [-0.2, 0) is 0 Å². The Bertz CT molecular complexity index is 358. The molecular weight excluding hydrogens is 206 g/mol. The second-order valence-corrected chi connectivity index (χ2v) is 5.41. The van der Waals surface area contributed by atoms with Crippen LogP contribution in [0, 0.1) is 18.8 Å². The molecule has 1 N–H and O–H groups in total. The summed E-state index contributed by atoms with van der Waals surface area (Å²) in [7, 11) is 0. The van der Waals surface area contributed by atoms with Crippen molar-refractivity contribution >= 4 is 17.1 Å². The van der Waals surface area contributed by atoms with Crippen molar-refractivity contribution in [3.63, 3.8) is 0 Å². The van der Waals surface area contributed by atoms with E-state index in [2.05, 4.69) is 12.2 Å². The fraction of sp³-hybridized carbons (Fsp3) is 0.583. The van der Waals surface area contributed by atoms with E-state index >= 15 is 0 Å². The second-order valence-electron chi connectivity index (χ2n) is 4.49. The zero-order valence-electron chi connectivity index (χ0n) is 9.25. The van der Waals surface area contributed by atoms with Gasteiger partial charge in [-0.3, -0.25) is 4.79 Å². The average molecular weight is 223 g/mol. The summed E-state index contributed by atoms with van der Waals surface area (Å²) in [5.74, 6) is 1.14. The number of rotatable bonds is 2. The Morgan fingerprint density at radius 2 is 2.33 bits per heavy atom. The molecule has 0 spiro atoms. The van der Waals surface area contributed by atoms with Crippen molar-refractivity contribution in [3.8, 4) is 0 Å². The van der Waals surface area contributed by atoms with Gasteiger partial charge in [0.1, 0.15) is 0 Å². The average Bonchev–Trinajstić information content (AvgIpc) is 2.63. The monoisotopic (exact) mass is 223 g/mol. The topological polar surface area (TPSA) is 29.1 Å². The number of hydrogen-bond acceptors (Lipinski definition) is 3. The van der Waals surface area contributed by atoms with Crippen molar-refractivity contribution in [2.75, 3.05) is 13.1 Å². The van der Waals surface area contributed by atoms with Gasteiger partial charge >= 0.3 is 0 Å². The molecule has 1 aromatic rings. The Kier molecular flexibility index (Phi) is 3.22. The van der Waals surface area contributed by atoms with Crippen LogP contribution in [0.15, 0.2) is 11.4 Å². The fourth-order valence-electron chi connectivity index (χ4n) is 2.17. The van der Waals surface area contributed by atoms with Gasteiger partial charge in [0.25, 0.3) is 0 Å². The number of ketones is 1. The van der Waals surface area contributed by atoms with Gasteiger partial charge in [-0.25, -0.2) is 0 Å². The number of thiophene rings is 1. The molecule has 82 valence electrons. The summed E-state index contributed by atoms with van der Waals surface area (Å²) in [6.45, 7) is 6.12. The van der Waals surface area contributed by atoms with Crippen LogP contribution in [0.5, 0.6) is 0 Å². The van der Waals surface area contributed by atoms with Crippen molar-refractivity contribution in [1.29, 1.82) is 0 Å². The highest BCUT2D eigenvalue weighted by Crippen LogP contribution is 2.25. The molecule has 0 aliphatic carbocycles. The molecule has 2 atom stereocenters. The van der Waals surface area contributed by atoms with Gasteiger partial charge in [-0.05, 0) is 42.8 Å². The smallest absolute Gasteiger partial charge is 0.177 e. The molecule has 3 heteroatoms. The molecule has 1 saturated heterocycles. The lowest BCUT2D eigenvalue weighted by Gasteiger charge is -2.26. The Labute approximate surface area is 94.7 Å². The second kappa shape index (κ2) is 4.45. The summed E-state index contributed by atoms with van der Waals surface area (Å²) >= 11 is 1.58. The Hall–Kier alpha value is -0.670. The predicted molar refractivity (Wildman–Crippen MR) is 63.5 cm³/mol. The summed E-state index contributed by atoms with van der Waals surface area (Å²) in [4.78, 5) is 13.2. The van der Waals surface area contributed by atoms with Crippen molar-refractivity contribution in [2.45, 2.75) is 20.3 Å². The van der Waals surface area contributed by atoms with E-state index in [0.717, 1.165) is 30.0 Å². The first kappa shape index (κ1) is 10.8. The summed E-state index contributed by atoms with van der Waals surface area (Å²) in [5.41, 5.74) is 1.13.